The van der Waals surface area contributed by atoms with Gasteiger partial charge in [0.05, 0.1) is 0 Å². The maximum atomic E-state index is 4.91. The van der Waals surface area contributed by atoms with Crippen LogP contribution in [-0.2, 0) is 0 Å². The molecule has 1 atom stereocenters. The summed E-state index contributed by atoms with van der Waals surface area (Å²) in [4.78, 5) is 0. The van der Waals surface area contributed by atoms with Gasteiger partial charge < -0.3 is 5.32 Å². The number of rotatable bonds is 5. The smallest absolute Gasteiger partial charge is 0.204 e. The molecule has 0 fully saturated rings. The van der Waals surface area contributed by atoms with E-state index in [4.69, 9.17) is 12.2 Å². The van der Waals surface area contributed by atoms with E-state index in [9.17, 15) is 0 Å². The molecule has 1 aromatic rings. The van der Waals surface area contributed by atoms with Crippen molar-refractivity contribution < 1.29 is 0 Å². The van der Waals surface area contributed by atoms with Crippen LogP contribution in [0.5, 0.6) is 0 Å². The zero-order valence-electron chi connectivity index (χ0n) is 7.66. The SMILES string of the molecule is CSC(C)CCNc1n[nH]c(=S)s1. The standard InChI is InChI=1S/C7H13N3S3/c1-5(12-2)3-4-8-6-9-10-7(11)13-6/h5H,3-4H2,1-2H3,(H,8,9)(H,10,11). The van der Waals surface area contributed by atoms with Gasteiger partial charge in [-0.15, -0.1) is 5.10 Å². The van der Waals surface area contributed by atoms with Crippen LogP contribution < -0.4 is 5.32 Å². The van der Waals surface area contributed by atoms with Crippen molar-refractivity contribution in [2.75, 3.05) is 18.1 Å². The average molecular weight is 235 g/mol. The lowest BCUT2D eigenvalue weighted by molar-refractivity contribution is 0.850. The van der Waals surface area contributed by atoms with Crippen molar-refractivity contribution in [2.45, 2.75) is 18.6 Å². The van der Waals surface area contributed by atoms with E-state index < -0.39 is 0 Å². The molecule has 3 nitrogen and oxygen atoms in total. The molecule has 1 aromatic heterocycles. The first-order chi connectivity index (χ1) is 6.22. The van der Waals surface area contributed by atoms with Gasteiger partial charge in [0.25, 0.3) is 0 Å². The van der Waals surface area contributed by atoms with Crippen molar-refractivity contribution in [2.24, 2.45) is 0 Å². The molecule has 13 heavy (non-hydrogen) atoms. The number of aromatic nitrogens is 2. The fourth-order valence-corrected chi connectivity index (χ4v) is 1.97. The van der Waals surface area contributed by atoms with Gasteiger partial charge in [0.15, 0.2) is 3.95 Å². The van der Waals surface area contributed by atoms with Crippen LogP contribution in [0.2, 0.25) is 0 Å². The molecule has 1 heterocycles. The summed E-state index contributed by atoms with van der Waals surface area (Å²) in [6.07, 6.45) is 3.27. The number of anilines is 1. The molecule has 0 saturated heterocycles. The van der Waals surface area contributed by atoms with Crippen molar-refractivity contribution in [3.8, 4) is 0 Å². The quantitative estimate of drug-likeness (QED) is 0.770. The van der Waals surface area contributed by atoms with E-state index in [1.165, 1.54) is 11.3 Å². The van der Waals surface area contributed by atoms with Crippen molar-refractivity contribution in [3.05, 3.63) is 3.95 Å². The maximum Gasteiger partial charge on any atom is 0.204 e. The first kappa shape index (κ1) is 11.0. The van der Waals surface area contributed by atoms with Gasteiger partial charge in [0.1, 0.15) is 0 Å². The second kappa shape index (κ2) is 5.62. The van der Waals surface area contributed by atoms with Crippen LogP contribution in [0.25, 0.3) is 0 Å². The van der Waals surface area contributed by atoms with Crippen molar-refractivity contribution in [1.82, 2.24) is 10.2 Å². The van der Waals surface area contributed by atoms with Crippen LogP contribution in [0.4, 0.5) is 5.13 Å². The Morgan fingerprint density at radius 2 is 2.54 bits per heavy atom. The summed E-state index contributed by atoms with van der Waals surface area (Å²) in [6.45, 7) is 3.18. The molecule has 6 heteroatoms. The van der Waals surface area contributed by atoms with Crippen molar-refractivity contribution in [1.29, 1.82) is 0 Å². The first-order valence-electron chi connectivity index (χ1n) is 4.04. The van der Waals surface area contributed by atoms with E-state index in [1.807, 2.05) is 11.8 Å². The number of hydrogen-bond acceptors (Lipinski definition) is 5. The second-order valence-corrected chi connectivity index (χ2v) is 5.62. The van der Waals surface area contributed by atoms with Gasteiger partial charge in [-0.25, -0.2) is 0 Å². The minimum absolute atomic E-state index is 0.694. The summed E-state index contributed by atoms with van der Waals surface area (Å²) >= 11 is 8.27. The lowest BCUT2D eigenvalue weighted by Crippen LogP contribution is -2.07. The number of nitrogens with zero attached hydrogens (tertiary/aromatic N) is 1. The molecule has 0 saturated carbocycles. The fraction of sp³-hybridized carbons (Fsp3) is 0.714. The van der Waals surface area contributed by atoms with Gasteiger partial charge in [0, 0.05) is 11.8 Å². The summed E-state index contributed by atoms with van der Waals surface area (Å²) in [7, 11) is 0. The van der Waals surface area contributed by atoms with Gasteiger partial charge in [-0.2, -0.15) is 11.8 Å². The highest BCUT2D eigenvalue weighted by molar-refractivity contribution is 7.99. The van der Waals surface area contributed by atoms with Gasteiger partial charge in [-0.05, 0) is 24.9 Å². The highest BCUT2D eigenvalue weighted by Gasteiger charge is 2.00. The molecule has 0 amide bonds. The lowest BCUT2D eigenvalue weighted by atomic mass is 10.3. The van der Waals surface area contributed by atoms with Crippen LogP contribution >= 0.6 is 35.3 Å². The molecule has 0 aromatic carbocycles. The number of aromatic amines is 1. The molecule has 0 bridgehead atoms. The number of thioether (sulfide) groups is 1. The molecular weight excluding hydrogens is 222 g/mol. The second-order valence-electron chi connectivity index (χ2n) is 2.68. The zero-order valence-corrected chi connectivity index (χ0v) is 10.1. The maximum absolute atomic E-state index is 4.91. The Balaban J connectivity index is 2.24. The molecule has 0 aliphatic rings. The Kier molecular flexibility index (Phi) is 4.76. The highest BCUT2D eigenvalue weighted by atomic mass is 32.2. The van der Waals surface area contributed by atoms with E-state index in [2.05, 4.69) is 28.7 Å². The molecular formula is C7H13N3S3. The van der Waals surface area contributed by atoms with Crippen LogP contribution in [0.15, 0.2) is 0 Å². The fourth-order valence-electron chi connectivity index (χ4n) is 0.806. The normalized spacial score (nSPS) is 12.8. The van der Waals surface area contributed by atoms with E-state index in [-0.39, 0.29) is 0 Å². The minimum Gasteiger partial charge on any atom is -0.360 e. The average Bonchev–Trinajstić information content (AvgIpc) is 2.51. The third-order valence-corrected chi connectivity index (χ3v) is 3.75. The monoisotopic (exact) mass is 235 g/mol. The van der Waals surface area contributed by atoms with Gasteiger partial charge >= 0.3 is 0 Å². The van der Waals surface area contributed by atoms with E-state index in [0.717, 1.165) is 22.1 Å². The first-order valence-corrected chi connectivity index (χ1v) is 6.56. The Morgan fingerprint density at radius 3 is 3.08 bits per heavy atom. The van der Waals surface area contributed by atoms with Crippen LogP contribution in [0, 0.1) is 3.95 Å². The van der Waals surface area contributed by atoms with Crippen molar-refractivity contribution >= 4 is 40.4 Å². The summed E-state index contributed by atoms with van der Waals surface area (Å²) in [5.74, 6) is 0. The van der Waals surface area contributed by atoms with E-state index in [0.29, 0.717) is 5.25 Å². The number of H-pyrrole nitrogens is 1. The molecule has 1 unspecified atom stereocenters. The molecule has 74 valence electrons. The van der Waals surface area contributed by atoms with Gasteiger partial charge in [-0.1, -0.05) is 18.3 Å². The third-order valence-electron chi connectivity index (χ3n) is 1.67. The Bertz CT molecular complexity index is 293. The molecule has 1 rings (SSSR count). The van der Waals surface area contributed by atoms with Gasteiger partial charge in [-0.3, -0.25) is 5.10 Å². The zero-order chi connectivity index (χ0) is 9.68. The van der Waals surface area contributed by atoms with Crippen LogP contribution in [-0.4, -0.2) is 28.2 Å². The molecule has 0 aliphatic heterocycles. The third kappa shape index (κ3) is 4.10. The number of hydrogen-bond donors (Lipinski definition) is 2. The summed E-state index contributed by atoms with van der Waals surface area (Å²) in [6, 6.07) is 0. The predicted octanol–water partition coefficient (Wildman–Crippen LogP) is 2.75. The molecule has 0 spiro atoms. The largest absolute Gasteiger partial charge is 0.360 e. The molecule has 2 N–H and O–H groups in total. The Hall–Kier alpha value is -0.0700. The number of nitrogens with one attached hydrogen (secondary N) is 2. The minimum atomic E-state index is 0.694. The topological polar surface area (TPSA) is 40.7 Å². The summed E-state index contributed by atoms with van der Waals surface area (Å²) in [5.41, 5.74) is 0. The van der Waals surface area contributed by atoms with E-state index in [1.54, 1.807) is 0 Å². The van der Waals surface area contributed by atoms with E-state index >= 15 is 0 Å². The molecule has 0 aliphatic carbocycles. The van der Waals surface area contributed by atoms with Gasteiger partial charge in [0.2, 0.25) is 5.13 Å². The highest BCUT2D eigenvalue weighted by Crippen LogP contribution is 2.13. The van der Waals surface area contributed by atoms with Crippen molar-refractivity contribution in [3.63, 3.8) is 0 Å². The summed E-state index contributed by atoms with van der Waals surface area (Å²) < 4.78 is 0.723. The predicted molar refractivity (Wildman–Crippen MR) is 63.4 cm³/mol. The Labute approximate surface area is 91.3 Å². The summed E-state index contributed by atoms with van der Waals surface area (Å²) in [5, 5.41) is 11.6. The van der Waals surface area contributed by atoms with Crippen LogP contribution in [0.1, 0.15) is 13.3 Å². The Morgan fingerprint density at radius 1 is 1.77 bits per heavy atom. The molecule has 0 radical (unpaired) electrons. The lowest BCUT2D eigenvalue weighted by Gasteiger charge is -2.07. The van der Waals surface area contributed by atoms with Crippen LogP contribution in [0.3, 0.4) is 0 Å².